The van der Waals surface area contributed by atoms with Crippen LogP contribution in [0.5, 0.6) is 5.75 Å². The maximum absolute atomic E-state index is 12.9. The van der Waals surface area contributed by atoms with Gasteiger partial charge >= 0.3 is 5.97 Å². The van der Waals surface area contributed by atoms with Crippen LogP contribution in [0.15, 0.2) is 42.5 Å². The van der Waals surface area contributed by atoms with E-state index in [1.54, 1.807) is 43.5 Å². The summed E-state index contributed by atoms with van der Waals surface area (Å²) < 4.78 is 23.9. The lowest BCUT2D eigenvalue weighted by atomic mass is 10.1. The van der Waals surface area contributed by atoms with Crippen molar-refractivity contribution in [2.75, 3.05) is 13.7 Å². The third-order valence-corrected chi connectivity index (χ3v) is 3.62. The van der Waals surface area contributed by atoms with Gasteiger partial charge in [0, 0.05) is 7.11 Å². The standard InChI is InChI=1S/C20H21FO4/c1-3-18(13-24-2)25-19-11-15(10-16(12-19)20(22)23)5-4-14-6-8-17(21)9-7-14/h4-12,18H,3,13H2,1-2H3,(H,22,23)/b5-4+. The average molecular weight is 344 g/mol. The molecule has 0 aliphatic heterocycles. The summed E-state index contributed by atoms with van der Waals surface area (Å²) >= 11 is 0. The minimum absolute atomic E-state index is 0.142. The van der Waals surface area contributed by atoms with Crippen molar-refractivity contribution >= 4 is 18.1 Å². The molecule has 1 unspecified atom stereocenters. The molecule has 4 nitrogen and oxygen atoms in total. The third-order valence-electron chi connectivity index (χ3n) is 3.62. The molecule has 5 heteroatoms. The summed E-state index contributed by atoms with van der Waals surface area (Å²) in [5, 5.41) is 9.30. The lowest BCUT2D eigenvalue weighted by molar-refractivity contribution is 0.0691. The van der Waals surface area contributed by atoms with Gasteiger partial charge in [-0.05, 0) is 47.9 Å². The summed E-state index contributed by atoms with van der Waals surface area (Å²) in [6.45, 7) is 2.40. The average Bonchev–Trinajstić information content (AvgIpc) is 2.60. The first-order valence-corrected chi connectivity index (χ1v) is 7.99. The van der Waals surface area contributed by atoms with Crippen LogP contribution in [-0.2, 0) is 4.74 Å². The second-order valence-corrected chi connectivity index (χ2v) is 5.58. The van der Waals surface area contributed by atoms with E-state index < -0.39 is 5.97 Å². The first kappa shape index (κ1) is 18.7. The van der Waals surface area contributed by atoms with Gasteiger partial charge in [0.15, 0.2) is 0 Å². The van der Waals surface area contributed by atoms with Gasteiger partial charge in [-0.25, -0.2) is 9.18 Å². The largest absolute Gasteiger partial charge is 0.488 e. The van der Waals surface area contributed by atoms with Gasteiger partial charge in [0.1, 0.15) is 17.7 Å². The highest BCUT2D eigenvalue weighted by atomic mass is 19.1. The summed E-state index contributed by atoms with van der Waals surface area (Å²) in [6.07, 6.45) is 4.15. The molecule has 132 valence electrons. The van der Waals surface area contributed by atoms with E-state index in [4.69, 9.17) is 9.47 Å². The number of methoxy groups -OCH3 is 1. The van der Waals surface area contributed by atoms with E-state index in [1.807, 2.05) is 6.92 Å². The number of hydrogen-bond donors (Lipinski definition) is 1. The molecule has 0 saturated carbocycles. The molecule has 0 bridgehead atoms. The molecule has 0 spiro atoms. The summed E-state index contributed by atoms with van der Waals surface area (Å²) in [7, 11) is 1.59. The molecule has 0 saturated heterocycles. The number of ether oxygens (including phenoxy) is 2. The molecule has 0 fully saturated rings. The number of halogens is 1. The van der Waals surface area contributed by atoms with Crippen molar-refractivity contribution in [1.29, 1.82) is 0 Å². The van der Waals surface area contributed by atoms with Gasteiger partial charge in [0.2, 0.25) is 0 Å². The van der Waals surface area contributed by atoms with E-state index >= 15 is 0 Å². The van der Waals surface area contributed by atoms with E-state index in [0.717, 1.165) is 12.0 Å². The zero-order chi connectivity index (χ0) is 18.2. The maximum Gasteiger partial charge on any atom is 0.335 e. The van der Waals surface area contributed by atoms with Gasteiger partial charge < -0.3 is 14.6 Å². The highest BCUT2D eigenvalue weighted by Gasteiger charge is 2.11. The topological polar surface area (TPSA) is 55.8 Å². The Kier molecular flexibility index (Phi) is 6.71. The number of carboxylic acid groups (broad SMARTS) is 1. The van der Waals surface area contributed by atoms with E-state index in [9.17, 15) is 14.3 Å². The third kappa shape index (κ3) is 5.72. The van der Waals surface area contributed by atoms with Crippen LogP contribution >= 0.6 is 0 Å². The van der Waals surface area contributed by atoms with Gasteiger partial charge in [0.25, 0.3) is 0 Å². The second-order valence-electron chi connectivity index (χ2n) is 5.58. The van der Waals surface area contributed by atoms with Crippen LogP contribution in [0.1, 0.15) is 34.8 Å². The van der Waals surface area contributed by atoms with Crippen LogP contribution in [0.25, 0.3) is 12.2 Å². The van der Waals surface area contributed by atoms with Gasteiger partial charge in [-0.2, -0.15) is 0 Å². The molecule has 1 atom stereocenters. The molecule has 25 heavy (non-hydrogen) atoms. The van der Waals surface area contributed by atoms with Gasteiger partial charge in [-0.15, -0.1) is 0 Å². The molecule has 0 heterocycles. The molecule has 2 aromatic rings. The first-order chi connectivity index (χ1) is 12.0. The minimum atomic E-state index is -1.03. The van der Waals surface area contributed by atoms with Crippen molar-refractivity contribution in [3.05, 3.63) is 65.0 Å². The summed E-state index contributed by atoms with van der Waals surface area (Å²) in [6, 6.07) is 10.9. The Morgan fingerprint density at radius 1 is 1.16 bits per heavy atom. The van der Waals surface area contributed by atoms with Crippen LogP contribution in [0, 0.1) is 5.82 Å². The number of hydrogen-bond acceptors (Lipinski definition) is 3. The Labute approximate surface area is 146 Å². The lowest BCUT2D eigenvalue weighted by Gasteiger charge is -2.17. The van der Waals surface area contributed by atoms with Crippen molar-refractivity contribution in [2.45, 2.75) is 19.4 Å². The lowest BCUT2D eigenvalue weighted by Crippen LogP contribution is -2.21. The van der Waals surface area contributed by atoms with E-state index in [0.29, 0.717) is 17.9 Å². The Morgan fingerprint density at radius 3 is 2.44 bits per heavy atom. The van der Waals surface area contributed by atoms with Crippen LogP contribution < -0.4 is 4.74 Å². The minimum Gasteiger partial charge on any atom is -0.488 e. The Morgan fingerprint density at radius 2 is 1.84 bits per heavy atom. The van der Waals surface area contributed by atoms with Gasteiger partial charge in [-0.3, -0.25) is 0 Å². The predicted octanol–water partition coefficient (Wildman–Crippen LogP) is 4.50. The number of carbonyl (C=O) groups is 1. The number of rotatable bonds is 8. The normalized spacial score (nSPS) is 12.3. The fourth-order valence-corrected chi connectivity index (χ4v) is 2.29. The van der Waals surface area contributed by atoms with Crippen LogP contribution in [0.2, 0.25) is 0 Å². The van der Waals surface area contributed by atoms with Crippen molar-refractivity contribution in [3.8, 4) is 5.75 Å². The number of aromatic carboxylic acids is 1. The Bertz CT molecular complexity index is 738. The second kappa shape index (κ2) is 8.99. The zero-order valence-corrected chi connectivity index (χ0v) is 14.2. The molecule has 0 radical (unpaired) electrons. The Hall–Kier alpha value is -2.66. The smallest absolute Gasteiger partial charge is 0.335 e. The monoisotopic (exact) mass is 344 g/mol. The van der Waals surface area contributed by atoms with E-state index in [1.165, 1.54) is 18.2 Å². The van der Waals surface area contributed by atoms with Crippen LogP contribution in [0.4, 0.5) is 4.39 Å². The van der Waals surface area contributed by atoms with Crippen molar-refractivity contribution < 1.29 is 23.8 Å². The highest BCUT2D eigenvalue weighted by molar-refractivity contribution is 5.89. The van der Waals surface area contributed by atoms with E-state index in [-0.39, 0.29) is 17.5 Å². The highest BCUT2D eigenvalue weighted by Crippen LogP contribution is 2.21. The van der Waals surface area contributed by atoms with Crippen molar-refractivity contribution in [1.82, 2.24) is 0 Å². The summed E-state index contributed by atoms with van der Waals surface area (Å²) in [4.78, 5) is 11.4. The molecule has 0 aliphatic carbocycles. The Balaban J connectivity index is 2.27. The molecule has 2 aromatic carbocycles. The fourth-order valence-electron chi connectivity index (χ4n) is 2.29. The molecular formula is C20H21FO4. The SMILES string of the molecule is CCC(COC)Oc1cc(/C=C/c2ccc(F)cc2)cc(C(=O)O)c1. The fraction of sp³-hybridized carbons (Fsp3) is 0.250. The molecule has 0 aromatic heterocycles. The molecule has 0 aliphatic rings. The zero-order valence-electron chi connectivity index (χ0n) is 14.2. The van der Waals surface area contributed by atoms with E-state index in [2.05, 4.69) is 0 Å². The number of benzene rings is 2. The van der Waals surface area contributed by atoms with Crippen LogP contribution in [-0.4, -0.2) is 30.9 Å². The maximum atomic E-state index is 12.9. The predicted molar refractivity (Wildman–Crippen MR) is 95.3 cm³/mol. The molecule has 1 N–H and O–H groups in total. The van der Waals surface area contributed by atoms with Crippen molar-refractivity contribution in [2.24, 2.45) is 0 Å². The molecular weight excluding hydrogens is 323 g/mol. The molecule has 2 rings (SSSR count). The van der Waals surface area contributed by atoms with Crippen molar-refractivity contribution in [3.63, 3.8) is 0 Å². The van der Waals surface area contributed by atoms with Gasteiger partial charge in [-0.1, -0.05) is 31.2 Å². The summed E-state index contributed by atoms with van der Waals surface area (Å²) in [5.41, 5.74) is 1.64. The van der Waals surface area contributed by atoms with Crippen LogP contribution in [0.3, 0.4) is 0 Å². The first-order valence-electron chi connectivity index (χ1n) is 7.99. The molecule has 0 amide bonds. The quantitative estimate of drug-likeness (QED) is 0.717. The number of carboxylic acids is 1. The van der Waals surface area contributed by atoms with Gasteiger partial charge in [0.05, 0.1) is 12.2 Å². The summed E-state index contributed by atoms with van der Waals surface area (Å²) in [5.74, 6) is -0.853.